The van der Waals surface area contributed by atoms with Gasteiger partial charge in [0.15, 0.2) is 5.78 Å². The SMILES string of the molecule is C.COCCCC(=O)C(CCC(=O)C(C)C)NC(=O)CCOCCNC(=O)CCC(C)C. The van der Waals surface area contributed by atoms with Crippen molar-refractivity contribution in [1.82, 2.24) is 10.6 Å². The van der Waals surface area contributed by atoms with Gasteiger partial charge in [0, 0.05) is 51.9 Å². The normalized spacial score (nSPS) is 11.7. The van der Waals surface area contributed by atoms with Gasteiger partial charge < -0.3 is 20.1 Å². The van der Waals surface area contributed by atoms with E-state index >= 15 is 0 Å². The van der Waals surface area contributed by atoms with Crippen molar-refractivity contribution < 1.29 is 28.7 Å². The van der Waals surface area contributed by atoms with Gasteiger partial charge in [-0.3, -0.25) is 19.2 Å². The molecule has 0 aliphatic rings. The maximum absolute atomic E-state index is 12.5. The summed E-state index contributed by atoms with van der Waals surface area (Å²) >= 11 is 0. The summed E-state index contributed by atoms with van der Waals surface area (Å²) in [6.45, 7) is 9.17. The Kier molecular flexibility index (Phi) is 20.1. The van der Waals surface area contributed by atoms with E-state index in [4.69, 9.17) is 9.47 Å². The molecule has 0 bridgehead atoms. The van der Waals surface area contributed by atoms with E-state index in [0.29, 0.717) is 51.4 Å². The summed E-state index contributed by atoms with van der Waals surface area (Å²) < 4.78 is 10.4. The number of hydrogen-bond acceptors (Lipinski definition) is 6. The zero-order valence-electron chi connectivity index (χ0n) is 20.0. The summed E-state index contributed by atoms with van der Waals surface area (Å²) in [7, 11) is 1.57. The fourth-order valence-electron chi connectivity index (χ4n) is 2.76. The Morgan fingerprint density at radius 3 is 2.06 bits per heavy atom. The first-order valence-electron chi connectivity index (χ1n) is 11.4. The number of carbonyl (C=O) groups is 4. The molecule has 0 saturated heterocycles. The molecular weight excluding hydrogens is 412 g/mol. The molecule has 8 heteroatoms. The van der Waals surface area contributed by atoms with Crippen LogP contribution >= 0.6 is 0 Å². The molecule has 0 aliphatic heterocycles. The van der Waals surface area contributed by atoms with E-state index in [1.807, 2.05) is 13.8 Å². The van der Waals surface area contributed by atoms with Gasteiger partial charge in [-0.1, -0.05) is 35.1 Å². The lowest BCUT2D eigenvalue weighted by Crippen LogP contribution is -2.41. The Labute approximate surface area is 194 Å². The Morgan fingerprint density at radius 1 is 0.781 bits per heavy atom. The number of ether oxygens (including phenoxy) is 2. The molecule has 8 nitrogen and oxygen atoms in total. The van der Waals surface area contributed by atoms with Gasteiger partial charge >= 0.3 is 0 Å². The van der Waals surface area contributed by atoms with Gasteiger partial charge in [0.1, 0.15) is 5.78 Å². The third-order valence-electron chi connectivity index (χ3n) is 4.81. The number of nitrogens with one attached hydrogen (secondary N) is 2. The lowest BCUT2D eigenvalue weighted by atomic mass is 9.97. The number of ketones is 2. The molecule has 0 aliphatic carbocycles. The molecule has 1 atom stereocenters. The highest BCUT2D eigenvalue weighted by atomic mass is 16.5. The van der Waals surface area contributed by atoms with Crippen LogP contribution in [0.25, 0.3) is 0 Å². The molecule has 0 aromatic rings. The third-order valence-corrected chi connectivity index (χ3v) is 4.81. The second-order valence-corrected chi connectivity index (χ2v) is 8.49. The van der Waals surface area contributed by atoms with Crippen LogP contribution in [0.15, 0.2) is 0 Å². The predicted molar refractivity (Wildman–Crippen MR) is 126 cm³/mol. The highest BCUT2D eigenvalue weighted by Gasteiger charge is 2.22. The van der Waals surface area contributed by atoms with Crippen LogP contribution in [0.2, 0.25) is 0 Å². The van der Waals surface area contributed by atoms with Crippen molar-refractivity contribution in [3.05, 3.63) is 0 Å². The summed E-state index contributed by atoms with van der Waals surface area (Å²) in [6, 6.07) is -0.674. The zero-order chi connectivity index (χ0) is 23.6. The molecule has 0 fully saturated rings. The van der Waals surface area contributed by atoms with Crippen LogP contribution in [0.3, 0.4) is 0 Å². The van der Waals surface area contributed by atoms with E-state index in [-0.39, 0.29) is 56.2 Å². The van der Waals surface area contributed by atoms with Crippen molar-refractivity contribution in [2.45, 2.75) is 86.1 Å². The van der Waals surface area contributed by atoms with Crippen LogP contribution in [-0.2, 0) is 28.7 Å². The van der Waals surface area contributed by atoms with Gasteiger partial charge in [-0.25, -0.2) is 0 Å². The highest BCUT2D eigenvalue weighted by molar-refractivity contribution is 5.90. The third kappa shape index (κ3) is 17.8. The molecule has 1 unspecified atom stereocenters. The number of carbonyl (C=O) groups excluding carboxylic acids is 4. The van der Waals surface area contributed by atoms with Crippen molar-refractivity contribution in [3.63, 3.8) is 0 Å². The van der Waals surface area contributed by atoms with Gasteiger partial charge in [-0.15, -0.1) is 0 Å². The quantitative estimate of drug-likeness (QED) is 0.288. The molecule has 32 heavy (non-hydrogen) atoms. The average Bonchev–Trinajstić information content (AvgIpc) is 2.71. The van der Waals surface area contributed by atoms with Gasteiger partial charge in [0.25, 0.3) is 0 Å². The largest absolute Gasteiger partial charge is 0.385 e. The fraction of sp³-hybridized carbons (Fsp3) is 0.833. The molecular formula is C24H46N2O6. The first-order valence-corrected chi connectivity index (χ1v) is 11.4. The molecule has 0 aromatic heterocycles. The molecule has 2 amide bonds. The second-order valence-electron chi connectivity index (χ2n) is 8.49. The first-order chi connectivity index (χ1) is 14.7. The van der Waals surface area contributed by atoms with E-state index in [1.165, 1.54) is 0 Å². The summed E-state index contributed by atoms with van der Waals surface area (Å²) in [5, 5.41) is 5.53. The molecule has 0 radical (unpaired) electrons. The van der Waals surface area contributed by atoms with Gasteiger partial charge in [0.05, 0.1) is 19.3 Å². The summed E-state index contributed by atoms with van der Waals surface area (Å²) in [6.07, 6.45) is 2.89. The maximum Gasteiger partial charge on any atom is 0.222 e. The van der Waals surface area contributed by atoms with Crippen LogP contribution in [-0.4, -0.2) is 62.9 Å². The number of methoxy groups -OCH3 is 1. The van der Waals surface area contributed by atoms with E-state index in [1.54, 1.807) is 7.11 Å². The minimum Gasteiger partial charge on any atom is -0.385 e. The molecule has 0 spiro atoms. The number of Topliss-reactive ketones (excluding diaryl/α,β-unsaturated/α-hetero) is 2. The monoisotopic (exact) mass is 458 g/mol. The van der Waals surface area contributed by atoms with Crippen molar-refractivity contribution in [1.29, 1.82) is 0 Å². The standard InChI is InChI=1S/C23H42N2O6.CH4/c1-17(2)8-11-22(28)24-13-16-31-15-12-23(29)25-19(9-10-20(26)18(3)4)21(27)7-6-14-30-5;/h17-19H,6-16H2,1-5H3,(H,24,28)(H,25,29);1H4. The molecule has 0 rings (SSSR count). The van der Waals surface area contributed by atoms with E-state index in [0.717, 1.165) is 6.42 Å². The predicted octanol–water partition coefficient (Wildman–Crippen LogP) is 3.07. The zero-order valence-corrected chi connectivity index (χ0v) is 20.0. The molecule has 0 aromatic carbocycles. The van der Waals surface area contributed by atoms with E-state index in [2.05, 4.69) is 24.5 Å². The number of hydrogen-bond donors (Lipinski definition) is 2. The average molecular weight is 459 g/mol. The molecule has 188 valence electrons. The summed E-state index contributed by atoms with van der Waals surface area (Å²) in [5.41, 5.74) is 0. The first kappa shape index (κ1) is 32.4. The van der Waals surface area contributed by atoms with Crippen molar-refractivity contribution in [2.75, 3.05) is 33.5 Å². The molecule has 0 saturated carbocycles. The lowest BCUT2D eigenvalue weighted by Gasteiger charge is -2.18. The molecule has 2 N–H and O–H groups in total. The van der Waals surface area contributed by atoms with Gasteiger partial charge in [-0.05, 0) is 25.2 Å². The fourth-order valence-corrected chi connectivity index (χ4v) is 2.76. The van der Waals surface area contributed by atoms with Crippen molar-refractivity contribution >= 4 is 23.4 Å². The number of amides is 2. The second kappa shape index (κ2) is 19.9. The van der Waals surface area contributed by atoms with Crippen molar-refractivity contribution in [2.24, 2.45) is 11.8 Å². The smallest absolute Gasteiger partial charge is 0.222 e. The van der Waals surface area contributed by atoms with Gasteiger partial charge in [0.2, 0.25) is 11.8 Å². The lowest BCUT2D eigenvalue weighted by molar-refractivity contribution is -0.129. The van der Waals surface area contributed by atoms with Crippen molar-refractivity contribution in [3.8, 4) is 0 Å². The Balaban J connectivity index is 0. The Hall–Kier alpha value is -1.80. The maximum atomic E-state index is 12.5. The van der Waals surface area contributed by atoms with Crippen LogP contribution < -0.4 is 10.6 Å². The molecule has 0 heterocycles. The minimum atomic E-state index is -0.674. The highest BCUT2D eigenvalue weighted by Crippen LogP contribution is 2.09. The van der Waals surface area contributed by atoms with E-state index in [9.17, 15) is 19.2 Å². The topological polar surface area (TPSA) is 111 Å². The summed E-state index contributed by atoms with van der Waals surface area (Å²) in [4.78, 5) is 48.2. The van der Waals surface area contributed by atoms with E-state index < -0.39 is 6.04 Å². The van der Waals surface area contributed by atoms with Crippen LogP contribution in [0.4, 0.5) is 0 Å². The van der Waals surface area contributed by atoms with Gasteiger partial charge in [-0.2, -0.15) is 0 Å². The Morgan fingerprint density at radius 2 is 1.47 bits per heavy atom. The van der Waals surface area contributed by atoms with Crippen LogP contribution in [0.1, 0.15) is 80.1 Å². The number of rotatable bonds is 19. The minimum absolute atomic E-state index is 0. The summed E-state index contributed by atoms with van der Waals surface area (Å²) in [5.74, 6) is 0.0810. The van der Waals surface area contributed by atoms with Crippen LogP contribution in [0.5, 0.6) is 0 Å². The van der Waals surface area contributed by atoms with Crippen LogP contribution in [0, 0.1) is 11.8 Å². The Bertz CT molecular complexity index is 549.